The predicted molar refractivity (Wildman–Crippen MR) is 142 cm³/mol. The van der Waals surface area contributed by atoms with Crippen LogP contribution in [0.2, 0.25) is 0 Å². The van der Waals surface area contributed by atoms with Crippen molar-refractivity contribution >= 4 is 28.9 Å². The number of likely N-dealkylation sites (N-methyl/N-ethyl adjacent to an activating group) is 1. The molecule has 3 rings (SSSR count). The van der Waals surface area contributed by atoms with Crippen LogP contribution in [0.4, 0.5) is 4.79 Å². The van der Waals surface area contributed by atoms with Crippen molar-refractivity contribution in [2.75, 3.05) is 13.1 Å². The number of aromatic nitrogens is 1. The summed E-state index contributed by atoms with van der Waals surface area (Å²) in [6, 6.07) is 14.9. The van der Waals surface area contributed by atoms with E-state index in [9.17, 15) is 19.5 Å². The number of nitrogens with zero attached hydrogens (tertiary/aromatic N) is 1. The summed E-state index contributed by atoms with van der Waals surface area (Å²) in [5.74, 6) is -2.78. The van der Waals surface area contributed by atoms with Crippen molar-refractivity contribution in [1.29, 1.82) is 0 Å². The summed E-state index contributed by atoms with van der Waals surface area (Å²) in [5, 5.41) is 14.3. The van der Waals surface area contributed by atoms with Gasteiger partial charge in [-0.25, -0.2) is 4.79 Å². The van der Waals surface area contributed by atoms with Crippen LogP contribution in [0, 0.1) is 0 Å². The molecule has 0 aliphatic rings. The van der Waals surface area contributed by atoms with Gasteiger partial charge in [0.1, 0.15) is 17.6 Å². The first kappa shape index (κ1) is 27.7. The van der Waals surface area contributed by atoms with E-state index in [0.29, 0.717) is 12.1 Å². The number of amides is 2. The Morgan fingerprint density at radius 3 is 2.32 bits per heavy atom. The van der Waals surface area contributed by atoms with E-state index in [1.165, 1.54) is 4.90 Å². The molecular weight excluding hydrogens is 472 g/mol. The fourth-order valence-electron chi connectivity index (χ4n) is 4.49. The van der Waals surface area contributed by atoms with E-state index >= 15 is 0 Å². The second-order valence-electron chi connectivity index (χ2n) is 10.0. The monoisotopic (exact) mass is 508 g/mol. The van der Waals surface area contributed by atoms with Crippen LogP contribution in [0.15, 0.2) is 60.8 Å². The maximum absolute atomic E-state index is 13.4. The van der Waals surface area contributed by atoms with Crippen LogP contribution < -0.4 is 11.1 Å². The van der Waals surface area contributed by atoms with Crippen molar-refractivity contribution in [3.8, 4) is 0 Å². The van der Waals surface area contributed by atoms with E-state index in [1.54, 1.807) is 27.0 Å². The average molecular weight is 509 g/mol. The summed E-state index contributed by atoms with van der Waals surface area (Å²) in [4.78, 5) is 43.2. The van der Waals surface area contributed by atoms with Gasteiger partial charge >= 0.3 is 12.1 Å². The third-order valence-corrected chi connectivity index (χ3v) is 6.09. The molecule has 1 aromatic heterocycles. The molecule has 5 N–H and O–H groups in total. The van der Waals surface area contributed by atoms with Gasteiger partial charge in [-0.05, 0) is 44.5 Å². The zero-order chi connectivity index (χ0) is 27.2. The molecule has 0 radical (unpaired) electrons. The van der Waals surface area contributed by atoms with Gasteiger partial charge in [-0.3, -0.25) is 14.5 Å². The Balaban J connectivity index is 2.05. The molecular formula is C28H36N4O5. The third kappa shape index (κ3) is 7.10. The molecule has 9 heteroatoms. The lowest BCUT2D eigenvalue weighted by Gasteiger charge is -2.36. The zero-order valence-corrected chi connectivity index (χ0v) is 21.7. The average Bonchev–Trinajstić information content (AvgIpc) is 3.24. The number of carbonyl (C=O) groups excluding carboxylic acids is 2. The second kappa shape index (κ2) is 11.9. The number of carboxylic acid groups (broad SMARTS) is 1. The SMILES string of the molecule is CCN[C@H](CN(C(=O)OC(C)(C)C)C(Cc1ccccc1)C(N)=O)C(C(=O)O)c1c[nH]c2ccccc12. The lowest BCUT2D eigenvalue weighted by atomic mass is 9.90. The van der Waals surface area contributed by atoms with Crippen LogP contribution >= 0.6 is 0 Å². The molecule has 0 spiro atoms. The van der Waals surface area contributed by atoms with Crippen molar-refractivity contribution in [1.82, 2.24) is 15.2 Å². The van der Waals surface area contributed by atoms with E-state index in [-0.39, 0.29) is 13.0 Å². The van der Waals surface area contributed by atoms with Gasteiger partial charge in [-0.2, -0.15) is 0 Å². The molecule has 0 aliphatic heterocycles. The van der Waals surface area contributed by atoms with E-state index < -0.39 is 41.6 Å². The van der Waals surface area contributed by atoms with Crippen molar-refractivity contribution in [2.45, 2.75) is 57.7 Å². The van der Waals surface area contributed by atoms with Crippen molar-refractivity contribution in [2.24, 2.45) is 5.73 Å². The summed E-state index contributed by atoms with van der Waals surface area (Å²) in [7, 11) is 0. The third-order valence-electron chi connectivity index (χ3n) is 6.09. The number of nitrogens with two attached hydrogens (primary N) is 1. The lowest BCUT2D eigenvalue weighted by molar-refractivity contribution is -0.139. The molecule has 0 bridgehead atoms. The van der Waals surface area contributed by atoms with Crippen LogP contribution in [0.1, 0.15) is 44.7 Å². The maximum atomic E-state index is 13.4. The number of rotatable bonds is 11. The smallest absolute Gasteiger partial charge is 0.411 e. The fraction of sp³-hybridized carbons (Fsp3) is 0.393. The lowest BCUT2D eigenvalue weighted by Crippen LogP contribution is -2.56. The van der Waals surface area contributed by atoms with Gasteiger partial charge in [0.05, 0.1) is 0 Å². The van der Waals surface area contributed by atoms with Crippen molar-refractivity contribution in [3.63, 3.8) is 0 Å². The Morgan fingerprint density at radius 1 is 1.08 bits per heavy atom. The standard InChI is InChI=1S/C28H36N4O5/c1-5-30-22(24(26(34)35)20-16-31-21-14-10-9-13-19(20)21)17-32(27(36)37-28(2,3)4)23(25(29)33)15-18-11-7-6-8-12-18/h6-14,16,22-24,30-31H,5,15,17H2,1-4H3,(H2,29,33)(H,34,35)/t22-,23?,24?/m1/s1. The number of carboxylic acids is 1. The summed E-state index contributed by atoms with van der Waals surface area (Å²) < 4.78 is 5.65. The molecule has 198 valence electrons. The van der Waals surface area contributed by atoms with Gasteiger partial charge in [-0.15, -0.1) is 0 Å². The Labute approximate surface area is 217 Å². The normalized spacial score (nSPS) is 14.1. The number of primary amides is 1. The molecule has 2 aromatic carbocycles. The Morgan fingerprint density at radius 2 is 1.73 bits per heavy atom. The fourth-order valence-corrected chi connectivity index (χ4v) is 4.49. The highest BCUT2D eigenvalue weighted by molar-refractivity contribution is 5.90. The van der Waals surface area contributed by atoms with Crippen molar-refractivity contribution in [3.05, 3.63) is 71.9 Å². The summed E-state index contributed by atoms with van der Waals surface area (Å²) in [6.45, 7) is 7.38. The number of ether oxygens (including phenoxy) is 1. The van der Waals surface area contributed by atoms with Crippen LogP contribution in [-0.2, 0) is 20.7 Å². The number of aromatic amines is 1. The number of aliphatic carboxylic acids is 1. The number of hydrogen-bond acceptors (Lipinski definition) is 5. The highest BCUT2D eigenvalue weighted by Gasteiger charge is 2.38. The van der Waals surface area contributed by atoms with Crippen LogP contribution in [-0.4, -0.2) is 63.7 Å². The molecule has 2 unspecified atom stereocenters. The largest absolute Gasteiger partial charge is 0.481 e. The number of H-pyrrole nitrogens is 1. The Bertz CT molecular complexity index is 1220. The topological polar surface area (TPSA) is 138 Å². The molecule has 1 heterocycles. The van der Waals surface area contributed by atoms with Crippen LogP contribution in [0.3, 0.4) is 0 Å². The number of nitrogens with one attached hydrogen (secondary N) is 2. The molecule has 3 aromatic rings. The predicted octanol–water partition coefficient (Wildman–Crippen LogP) is 3.65. The minimum atomic E-state index is -1.06. The van der Waals surface area contributed by atoms with Gasteiger partial charge in [0.15, 0.2) is 0 Å². The van der Waals surface area contributed by atoms with Crippen molar-refractivity contribution < 1.29 is 24.2 Å². The molecule has 0 saturated heterocycles. The van der Waals surface area contributed by atoms with Gasteiger partial charge in [-0.1, -0.05) is 55.5 Å². The van der Waals surface area contributed by atoms with E-state index in [1.807, 2.05) is 61.5 Å². The maximum Gasteiger partial charge on any atom is 0.411 e. The van der Waals surface area contributed by atoms with E-state index in [0.717, 1.165) is 16.5 Å². The minimum Gasteiger partial charge on any atom is -0.481 e. The number of fused-ring (bicyclic) bond motifs is 1. The molecule has 0 aliphatic carbocycles. The Kier molecular flexibility index (Phi) is 8.94. The van der Waals surface area contributed by atoms with Crippen LogP contribution in [0.25, 0.3) is 10.9 Å². The molecule has 0 saturated carbocycles. The summed E-state index contributed by atoms with van der Waals surface area (Å²) in [6.07, 6.45) is 1.11. The molecule has 2 amide bonds. The molecule has 0 fully saturated rings. The number of hydrogen-bond donors (Lipinski definition) is 4. The van der Waals surface area contributed by atoms with E-state index in [2.05, 4.69) is 10.3 Å². The zero-order valence-electron chi connectivity index (χ0n) is 21.7. The Hall–Kier alpha value is -3.85. The molecule has 37 heavy (non-hydrogen) atoms. The number of carbonyl (C=O) groups is 3. The highest BCUT2D eigenvalue weighted by atomic mass is 16.6. The minimum absolute atomic E-state index is 0.111. The van der Waals surface area contributed by atoms with Gasteiger partial charge in [0.25, 0.3) is 0 Å². The molecule has 9 nitrogen and oxygen atoms in total. The van der Waals surface area contributed by atoms with Gasteiger partial charge in [0.2, 0.25) is 5.91 Å². The molecule has 3 atom stereocenters. The van der Waals surface area contributed by atoms with Gasteiger partial charge in [0, 0.05) is 36.1 Å². The van der Waals surface area contributed by atoms with Gasteiger partial charge < -0.3 is 25.9 Å². The first-order valence-electron chi connectivity index (χ1n) is 12.4. The highest BCUT2D eigenvalue weighted by Crippen LogP contribution is 2.30. The number of para-hydroxylation sites is 1. The van der Waals surface area contributed by atoms with Crippen LogP contribution in [0.5, 0.6) is 0 Å². The first-order chi connectivity index (χ1) is 17.5. The van der Waals surface area contributed by atoms with E-state index in [4.69, 9.17) is 10.5 Å². The summed E-state index contributed by atoms with van der Waals surface area (Å²) >= 11 is 0. The second-order valence-corrected chi connectivity index (χ2v) is 10.0. The quantitative estimate of drug-likeness (QED) is 0.312. The number of benzene rings is 2. The first-order valence-corrected chi connectivity index (χ1v) is 12.4. The summed E-state index contributed by atoms with van der Waals surface area (Å²) in [5.41, 5.74) is 7.18.